The van der Waals surface area contributed by atoms with Gasteiger partial charge in [0, 0.05) is 36.1 Å². The van der Waals surface area contributed by atoms with E-state index in [1.54, 1.807) is 0 Å². The molecule has 0 bridgehead atoms. The van der Waals surface area contributed by atoms with Crippen LogP contribution in [0.15, 0.2) is 30.3 Å². The van der Waals surface area contributed by atoms with Gasteiger partial charge in [-0.1, -0.05) is 24.3 Å². The summed E-state index contributed by atoms with van der Waals surface area (Å²) in [5.74, 6) is 1.18. The predicted octanol–water partition coefficient (Wildman–Crippen LogP) is 2.73. The summed E-state index contributed by atoms with van der Waals surface area (Å²) in [6.45, 7) is 6.74. The zero-order valence-corrected chi connectivity index (χ0v) is 12.0. The predicted molar refractivity (Wildman–Crippen MR) is 83.2 cm³/mol. The second-order valence-electron chi connectivity index (χ2n) is 6.41. The van der Waals surface area contributed by atoms with Crippen molar-refractivity contribution in [3.8, 4) is 0 Å². The minimum Gasteiger partial charge on any atom is -0.355 e. The summed E-state index contributed by atoms with van der Waals surface area (Å²) in [7, 11) is 0. The lowest BCUT2D eigenvalue weighted by Crippen LogP contribution is -2.29. The maximum absolute atomic E-state index is 4.84. The first kappa shape index (κ1) is 12.2. The molecule has 1 aromatic carbocycles. The second-order valence-corrected chi connectivity index (χ2v) is 6.41. The highest BCUT2D eigenvalue weighted by Crippen LogP contribution is 2.39. The van der Waals surface area contributed by atoms with Crippen LogP contribution in [0.3, 0.4) is 0 Å². The number of anilines is 1. The molecule has 0 amide bonds. The van der Waals surface area contributed by atoms with Crippen LogP contribution in [0.4, 0.5) is 5.82 Å². The van der Waals surface area contributed by atoms with Gasteiger partial charge in [0.25, 0.3) is 0 Å². The zero-order chi connectivity index (χ0) is 13.6. The molecule has 104 valence electrons. The molecule has 0 saturated carbocycles. The topological polar surface area (TPSA) is 28.2 Å². The SMILES string of the molecule is Cc1cc2ccccc2c(N2CCC3(CCNC3)C2)n1. The molecular formula is C17H21N3. The Morgan fingerprint density at radius 2 is 2.15 bits per heavy atom. The van der Waals surface area contributed by atoms with E-state index >= 15 is 0 Å². The summed E-state index contributed by atoms with van der Waals surface area (Å²) < 4.78 is 0. The number of fused-ring (bicyclic) bond motifs is 1. The van der Waals surface area contributed by atoms with Gasteiger partial charge in [-0.15, -0.1) is 0 Å². The molecule has 0 aliphatic carbocycles. The lowest BCUT2D eigenvalue weighted by molar-refractivity contribution is 0.369. The molecule has 1 unspecified atom stereocenters. The largest absolute Gasteiger partial charge is 0.355 e. The standard InChI is InChI=1S/C17H21N3/c1-13-10-14-4-2-3-5-15(14)16(19-13)20-9-7-17(12-20)6-8-18-11-17/h2-5,10,18H,6-9,11-12H2,1H3. The Morgan fingerprint density at radius 1 is 1.25 bits per heavy atom. The van der Waals surface area contributed by atoms with Gasteiger partial charge in [0.05, 0.1) is 0 Å². The summed E-state index contributed by atoms with van der Waals surface area (Å²) in [5.41, 5.74) is 1.61. The number of nitrogens with zero attached hydrogens (tertiary/aromatic N) is 2. The molecule has 1 atom stereocenters. The number of nitrogens with one attached hydrogen (secondary N) is 1. The second kappa shape index (κ2) is 4.45. The molecule has 3 heterocycles. The number of rotatable bonds is 1. The van der Waals surface area contributed by atoms with Gasteiger partial charge in [-0.2, -0.15) is 0 Å². The summed E-state index contributed by atoms with van der Waals surface area (Å²) >= 11 is 0. The molecule has 4 rings (SSSR count). The smallest absolute Gasteiger partial charge is 0.136 e. The molecule has 1 spiro atoms. The molecular weight excluding hydrogens is 246 g/mol. The number of hydrogen-bond donors (Lipinski definition) is 1. The normalized spacial score (nSPS) is 25.9. The Balaban J connectivity index is 1.75. The van der Waals surface area contributed by atoms with Crippen molar-refractivity contribution < 1.29 is 0 Å². The summed E-state index contributed by atoms with van der Waals surface area (Å²) in [6, 6.07) is 10.8. The summed E-state index contributed by atoms with van der Waals surface area (Å²) in [4.78, 5) is 7.35. The van der Waals surface area contributed by atoms with Crippen molar-refractivity contribution in [1.29, 1.82) is 0 Å². The molecule has 3 heteroatoms. The van der Waals surface area contributed by atoms with Crippen LogP contribution in [0.1, 0.15) is 18.5 Å². The number of pyridine rings is 1. The molecule has 2 aromatic rings. The fourth-order valence-corrected chi connectivity index (χ4v) is 3.81. The third-order valence-electron chi connectivity index (χ3n) is 4.92. The van der Waals surface area contributed by atoms with Gasteiger partial charge in [0.2, 0.25) is 0 Å². The van der Waals surface area contributed by atoms with E-state index in [4.69, 9.17) is 4.98 Å². The minimum atomic E-state index is 0.493. The monoisotopic (exact) mass is 267 g/mol. The van der Waals surface area contributed by atoms with E-state index in [0.717, 1.165) is 18.8 Å². The van der Waals surface area contributed by atoms with Gasteiger partial charge >= 0.3 is 0 Å². The van der Waals surface area contributed by atoms with Crippen LogP contribution < -0.4 is 10.2 Å². The van der Waals surface area contributed by atoms with Crippen LogP contribution >= 0.6 is 0 Å². The van der Waals surface area contributed by atoms with Crippen molar-refractivity contribution >= 4 is 16.6 Å². The van der Waals surface area contributed by atoms with E-state index in [9.17, 15) is 0 Å². The maximum Gasteiger partial charge on any atom is 0.136 e. The number of aromatic nitrogens is 1. The average Bonchev–Trinajstić information content (AvgIpc) is 3.09. The Bertz CT molecular complexity index is 644. The highest BCUT2D eigenvalue weighted by Gasteiger charge is 2.41. The third kappa shape index (κ3) is 1.88. The zero-order valence-electron chi connectivity index (χ0n) is 12.0. The quantitative estimate of drug-likeness (QED) is 0.861. The van der Waals surface area contributed by atoms with E-state index < -0.39 is 0 Å². The van der Waals surface area contributed by atoms with Crippen molar-refractivity contribution in [2.45, 2.75) is 19.8 Å². The first-order chi connectivity index (χ1) is 9.76. The number of hydrogen-bond acceptors (Lipinski definition) is 3. The van der Waals surface area contributed by atoms with Crippen LogP contribution in [-0.2, 0) is 0 Å². The molecule has 3 nitrogen and oxygen atoms in total. The first-order valence-corrected chi connectivity index (χ1v) is 7.58. The molecule has 2 saturated heterocycles. The summed E-state index contributed by atoms with van der Waals surface area (Å²) in [6.07, 6.45) is 2.61. The summed E-state index contributed by atoms with van der Waals surface area (Å²) in [5, 5.41) is 6.13. The molecule has 2 aliphatic heterocycles. The van der Waals surface area contributed by atoms with Crippen LogP contribution in [0, 0.1) is 12.3 Å². The highest BCUT2D eigenvalue weighted by atomic mass is 15.2. The van der Waals surface area contributed by atoms with Crippen LogP contribution in [0.2, 0.25) is 0 Å². The van der Waals surface area contributed by atoms with Crippen LogP contribution in [0.25, 0.3) is 10.8 Å². The van der Waals surface area contributed by atoms with Crippen molar-refractivity contribution in [2.24, 2.45) is 5.41 Å². The van der Waals surface area contributed by atoms with Gasteiger partial charge in [0.15, 0.2) is 0 Å². The van der Waals surface area contributed by atoms with Gasteiger partial charge in [0.1, 0.15) is 5.82 Å². The van der Waals surface area contributed by atoms with E-state index in [2.05, 4.69) is 47.5 Å². The average molecular weight is 267 g/mol. The Kier molecular flexibility index (Phi) is 2.71. The molecule has 20 heavy (non-hydrogen) atoms. The Morgan fingerprint density at radius 3 is 3.00 bits per heavy atom. The Labute approximate surface area is 120 Å². The van der Waals surface area contributed by atoms with Gasteiger partial charge in [-0.05, 0) is 37.8 Å². The molecule has 1 aromatic heterocycles. The minimum absolute atomic E-state index is 0.493. The number of benzene rings is 1. The first-order valence-electron chi connectivity index (χ1n) is 7.58. The molecule has 2 aliphatic rings. The van der Waals surface area contributed by atoms with Gasteiger partial charge in [-0.3, -0.25) is 0 Å². The van der Waals surface area contributed by atoms with Crippen molar-refractivity contribution in [3.63, 3.8) is 0 Å². The van der Waals surface area contributed by atoms with Crippen molar-refractivity contribution in [1.82, 2.24) is 10.3 Å². The molecule has 2 fully saturated rings. The maximum atomic E-state index is 4.84. The van der Waals surface area contributed by atoms with E-state index in [1.807, 2.05) is 0 Å². The van der Waals surface area contributed by atoms with Crippen molar-refractivity contribution in [2.75, 3.05) is 31.1 Å². The fraction of sp³-hybridized carbons (Fsp3) is 0.471. The van der Waals surface area contributed by atoms with Gasteiger partial charge < -0.3 is 10.2 Å². The van der Waals surface area contributed by atoms with E-state index in [1.165, 1.54) is 42.5 Å². The van der Waals surface area contributed by atoms with E-state index in [-0.39, 0.29) is 0 Å². The number of aryl methyl sites for hydroxylation is 1. The van der Waals surface area contributed by atoms with E-state index in [0.29, 0.717) is 5.41 Å². The van der Waals surface area contributed by atoms with Gasteiger partial charge in [-0.25, -0.2) is 4.98 Å². The molecule has 1 N–H and O–H groups in total. The van der Waals surface area contributed by atoms with Crippen molar-refractivity contribution in [3.05, 3.63) is 36.0 Å². The fourth-order valence-electron chi connectivity index (χ4n) is 3.81. The molecule has 0 radical (unpaired) electrons. The highest BCUT2D eigenvalue weighted by molar-refractivity contribution is 5.92. The lowest BCUT2D eigenvalue weighted by atomic mass is 9.86. The Hall–Kier alpha value is -1.61. The third-order valence-corrected chi connectivity index (χ3v) is 4.92. The van der Waals surface area contributed by atoms with Crippen LogP contribution in [-0.4, -0.2) is 31.2 Å². The van der Waals surface area contributed by atoms with Crippen LogP contribution in [0.5, 0.6) is 0 Å². The lowest BCUT2D eigenvalue weighted by Gasteiger charge is -2.24.